The number of hydrogen-bond acceptors (Lipinski definition) is 2. The first-order chi connectivity index (χ1) is 8.95. The van der Waals surface area contributed by atoms with Crippen LogP contribution in [0.15, 0.2) is 22.7 Å². The Kier molecular flexibility index (Phi) is 5.95. The van der Waals surface area contributed by atoms with Crippen LogP contribution < -0.4 is 10.6 Å². The fourth-order valence-corrected chi connectivity index (χ4v) is 2.02. The second-order valence-corrected chi connectivity index (χ2v) is 5.05. The number of hydrogen-bond donors (Lipinski definition) is 2. The van der Waals surface area contributed by atoms with E-state index in [1.807, 2.05) is 13.0 Å². The van der Waals surface area contributed by atoms with Crippen molar-refractivity contribution in [1.82, 2.24) is 10.6 Å². The lowest BCUT2D eigenvalue weighted by molar-refractivity contribution is -0.122. The van der Waals surface area contributed by atoms with Crippen molar-refractivity contribution in [2.45, 2.75) is 19.9 Å². The highest BCUT2D eigenvalue weighted by Crippen LogP contribution is 2.15. The summed E-state index contributed by atoms with van der Waals surface area (Å²) in [6, 6.07) is 4.56. The van der Waals surface area contributed by atoms with Gasteiger partial charge in [0.2, 0.25) is 5.91 Å². The Hall–Kier alpha value is -1.43. The second-order valence-electron chi connectivity index (χ2n) is 4.13. The number of amides is 2. The van der Waals surface area contributed by atoms with Crippen LogP contribution in [0.5, 0.6) is 0 Å². The van der Waals surface area contributed by atoms with Gasteiger partial charge in [0.1, 0.15) is 12.7 Å². The Morgan fingerprint density at radius 3 is 2.68 bits per heavy atom. The van der Waals surface area contributed by atoms with Crippen molar-refractivity contribution in [2.75, 3.05) is 13.2 Å². The van der Waals surface area contributed by atoms with E-state index in [0.717, 1.165) is 10.0 Å². The van der Waals surface area contributed by atoms with E-state index in [-0.39, 0.29) is 12.5 Å². The average Bonchev–Trinajstić information content (AvgIpc) is 2.35. The second kappa shape index (κ2) is 7.23. The summed E-state index contributed by atoms with van der Waals surface area (Å²) in [5.41, 5.74) is 1.32. The first kappa shape index (κ1) is 15.6. The fourth-order valence-electron chi connectivity index (χ4n) is 1.55. The van der Waals surface area contributed by atoms with Crippen LogP contribution in [0.1, 0.15) is 22.8 Å². The molecule has 0 aliphatic rings. The Balaban J connectivity index is 2.66. The highest BCUT2D eigenvalue weighted by atomic mass is 79.9. The molecule has 1 aromatic carbocycles. The molecule has 1 atom stereocenters. The van der Waals surface area contributed by atoms with Gasteiger partial charge < -0.3 is 10.6 Å². The van der Waals surface area contributed by atoms with Crippen LogP contribution in [0.4, 0.5) is 4.39 Å². The zero-order valence-electron chi connectivity index (χ0n) is 10.8. The topological polar surface area (TPSA) is 58.2 Å². The largest absolute Gasteiger partial charge is 0.352 e. The monoisotopic (exact) mass is 330 g/mol. The summed E-state index contributed by atoms with van der Waals surface area (Å²) in [6.45, 7) is 2.70. The number of aryl methyl sites for hydroxylation is 1. The van der Waals surface area contributed by atoms with E-state index in [2.05, 4.69) is 26.6 Å². The predicted octanol–water partition coefficient (Wildman–Crippen LogP) is 1.96. The first-order valence-electron chi connectivity index (χ1n) is 5.86. The minimum atomic E-state index is -0.706. The van der Waals surface area contributed by atoms with E-state index < -0.39 is 18.6 Å². The third-order valence-corrected chi connectivity index (χ3v) is 3.06. The van der Waals surface area contributed by atoms with E-state index in [1.54, 1.807) is 19.1 Å². The highest BCUT2D eigenvalue weighted by Gasteiger charge is 2.17. The normalized spacial score (nSPS) is 11.8. The van der Waals surface area contributed by atoms with Crippen molar-refractivity contribution in [3.05, 3.63) is 33.8 Å². The van der Waals surface area contributed by atoms with E-state index in [9.17, 15) is 14.0 Å². The first-order valence-corrected chi connectivity index (χ1v) is 6.65. The lowest BCUT2D eigenvalue weighted by atomic mass is 10.1. The lowest BCUT2D eigenvalue weighted by Gasteiger charge is -2.14. The predicted molar refractivity (Wildman–Crippen MR) is 74.8 cm³/mol. The molecule has 0 aromatic heterocycles. The molecule has 19 heavy (non-hydrogen) atoms. The van der Waals surface area contributed by atoms with Crippen LogP contribution in [0.3, 0.4) is 0 Å². The molecule has 104 valence electrons. The third kappa shape index (κ3) is 4.63. The molecule has 0 radical (unpaired) electrons. The van der Waals surface area contributed by atoms with Gasteiger partial charge in [0.25, 0.3) is 5.91 Å². The molecule has 0 aliphatic carbocycles. The smallest absolute Gasteiger partial charge is 0.252 e. The van der Waals surface area contributed by atoms with Crippen LogP contribution in [0.2, 0.25) is 0 Å². The van der Waals surface area contributed by atoms with Gasteiger partial charge in [-0.3, -0.25) is 9.59 Å². The van der Waals surface area contributed by atoms with E-state index in [1.165, 1.54) is 0 Å². The SMILES string of the molecule is Cc1cc(Br)ccc1C(=O)NC(C)C(=O)NCCF. The Labute approximate surface area is 119 Å². The maximum absolute atomic E-state index is 12.0. The molecule has 6 heteroatoms. The van der Waals surface area contributed by atoms with Gasteiger partial charge in [0.05, 0.1) is 0 Å². The zero-order valence-corrected chi connectivity index (χ0v) is 12.4. The summed E-state index contributed by atoms with van der Waals surface area (Å²) in [6.07, 6.45) is 0. The van der Waals surface area contributed by atoms with Gasteiger partial charge in [0, 0.05) is 16.6 Å². The number of rotatable bonds is 5. The summed E-state index contributed by atoms with van der Waals surface area (Å²) >= 11 is 3.32. The van der Waals surface area contributed by atoms with Gasteiger partial charge in [0.15, 0.2) is 0 Å². The Bertz CT molecular complexity index is 480. The minimum Gasteiger partial charge on any atom is -0.352 e. The molecule has 1 rings (SSSR count). The number of nitrogens with one attached hydrogen (secondary N) is 2. The molecular weight excluding hydrogens is 315 g/mol. The molecule has 0 saturated carbocycles. The van der Waals surface area contributed by atoms with Gasteiger partial charge in [-0.05, 0) is 37.6 Å². The molecule has 0 aliphatic heterocycles. The maximum atomic E-state index is 12.0. The van der Waals surface area contributed by atoms with Crippen LogP contribution in [-0.4, -0.2) is 31.1 Å². The minimum absolute atomic E-state index is 0.0453. The molecule has 0 fully saturated rings. The molecule has 2 N–H and O–H groups in total. The maximum Gasteiger partial charge on any atom is 0.252 e. The van der Waals surface area contributed by atoms with Gasteiger partial charge in [-0.25, -0.2) is 4.39 Å². The standard InChI is InChI=1S/C13H16BrFN2O2/c1-8-7-10(14)3-4-11(8)13(19)17-9(2)12(18)16-6-5-15/h3-4,7,9H,5-6H2,1-2H3,(H,16,18)(H,17,19). The number of carbonyl (C=O) groups is 2. The third-order valence-electron chi connectivity index (χ3n) is 2.57. The van der Waals surface area contributed by atoms with Crippen LogP contribution in [-0.2, 0) is 4.79 Å². The fraction of sp³-hybridized carbons (Fsp3) is 0.385. The van der Waals surface area contributed by atoms with Gasteiger partial charge in [-0.15, -0.1) is 0 Å². The van der Waals surface area contributed by atoms with Crippen molar-refractivity contribution < 1.29 is 14.0 Å². The number of benzene rings is 1. The van der Waals surface area contributed by atoms with Crippen LogP contribution in [0, 0.1) is 6.92 Å². The van der Waals surface area contributed by atoms with Crippen molar-refractivity contribution in [3.8, 4) is 0 Å². The van der Waals surface area contributed by atoms with Gasteiger partial charge in [-0.1, -0.05) is 15.9 Å². The molecule has 0 spiro atoms. The van der Waals surface area contributed by atoms with Gasteiger partial charge >= 0.3 is 0 Å². The molecular formula is C13H16BrFN2O2. The van der Waals surface area contributed by atoms with Crippen molar-refractivity contribution >= 4 is 27.7 Å². The highest BCUT2D eigenvalue weighted by molar-refractivity contribution is 9.10. The van der Waals surface area contributed by atoms with Gasteiger partial charge in [-0.2, -0.15) is 0 Å². The molecule has 1 unspecified atom stereocenters. The molecule has 0 saturated heterocycles. The summed E-state index contributed by atoms with van der Waals surface area (Å²) < 4.78 is 12.8. The summed E-state index contributed by atoms with van der Waals surface area (Å²) in [4.78, 5) is 23.5. The van der Waals surface area contributed by atoms with E-state index in [4.69, 9.17) is 0 Å². The van der Waals surface area contributed by atoms with Crippen molar-refractivity contribution in [2.24, 2.45) is 0 Å². The molecule has 4 nitrogen and oxygen atoms in total. The average molecular weight is 331 g/mol. The summed E-state index contributed by atoms with van der Waals surface area (Å²) in [5.74, 6) is -0.728. The van der Waals surface area contributed by atoms with E-state index >= 15 is 0 Å². The quantitative estimate of drug-likeness (QED) is 0.867. The number of alkyl halides is 1. The lowest BCUT2D eigenvalue weighted by Crippen LogP contribution is -2.45. The zero-order chi connectivity index (χ0) is 14.4. The summed E-state index contributed by atoms with van der Waals surface area (Å²) in [5, 5.41) is 4.95. The van der Waals surface area contributed by atoms with Crippen LogP contribution in [0.25, 0.3) is 0 Å². The van der Waals surface area contributed by atoms with Crippen molar-refractivity contribution in [3.63, 3.8) is 0 Å². The molecule has 0 bridgehead atoms. The number of carbonyl (C=O) groups excluding carboxylic acids is 2. The Morgan fingerprint density at radius 2 is 2.11 bits per heavy atom. The van der Waals surface area contributed by atoms with Crippen molar-refractivity contribution in [1.29, 1.82) is 0 Å². The Morgan fingerprint density at radius 1 is 1.42 bits per heavy atom. The van der Waals surface area contributed by atoms with E-state index in [0.29, 0.717) is 5.56 Å². The molecule has 1 aromatic rings. The van der Waals surface area contributed by atoms with Crippen LogP contribution >= 0.6 is 15.9 Å². The molecule has 0 heterocycles. The summed E-state index contributed by atoms with van der Waals surface area (Å²) in [7, 11) is 0. The number of halogens is 2. The molecule has 2 amide bonds.